The van der Waals surface area contributed by atoms with Crippen LogP contribution in [-0.4, -0.2) is 5.11 Å². The molecule has 0 fully saturated rings. The molecular formula is C11H15BrO. The maximum absolute atomic E-state index is 9.73. The Morgan fingerprint density at radius 3 is 2.15 bits per heavy atom. The third-order valence-electron chi connectivity index (χ3n) is 2.13. The normalized spacial score (nSPS) is 11.8. The number of phenolic OH excluding ortho intramolecular Hbond substituents is 1. The van der Waals surface area contributed by atoms with Crippen LogP contribution in [0, 0.1) is 6.92 Å². The first kappa shape index (κ1) is 10.6. The SMILES string of the molecule is Cc1c(Br)ccc(O)c1C(C)(C)C. The Morgan fingerprint density at radius 2 is 1.77 bits per heavy atom. The zero-order chi connectivity index (χ0) is 10.2. The highest BCUT2D eigenvalue weighted by Crippen LogP contribution is 2.36. The van der Waals surface area contributed by atoms with Gasteiger partial charge in [0.15, 0.2) is 0 Å². The van der Waals surface area contributed by atoms with Crippen molar-refractivity contribution >= 4 is 15.9 Å². The van der Waals surface area contributed by atoms with E-state index in [1.54, 1.807) is 6.07 Å². The third-order valence-corrected chi connectivity index (χ3v) is 2.99. The van der Waals surface area contributed by atoms with E-state index in [2.05, 4.69) is 36.7 Å². The van der Waals surface area contributed by atoms with Gasteiger partial charge in [0.1, 0.15) is 5.75 Å². The van der Waals surface area contributed by atoms with Gasteiger partial charge in [0.2, 0.25) is 0 Å². The van der Waals surface area contributed by atoms with Crippen LogP contribution in [0.4, 0.5) is 0 Å². The summed E-state index contributed by atoms with van der Waals surface area (Å²) in [5.41, 5.74) is 2.12. The standard InChI is InChI=1S/C11H15BrO/c1-7-8(12)5-6-9(13)10(7)11(2,3)4/h5-6,13H,1-4H3. The van der Waals surface area contributed by atoms with Crippen LogP contribution in [0.25, 0.3) is 0 Å². The zero-order valence-corrected chi connectivity index (χ0v) is 10.1. The molecule has 1 nitrogen and oxygen atoms in total. The molecule has 0 aliphatic rings. The highest BCUT2D eigenvalue weighted by Gasteiger charge is 2.21. The summed E-state index contributed by atoms with van der Waals surface area (Å²) >= 11 is 3.46. The first-order chi connectivity index (χ1) is 5.84. The van der Waals surface area contributed by atoms with Crippen molar-refractivity contribution in [1.82, 2.24) is 0 Å². The summed E-state index contributed by atoms with van der Waals surface area (Å²) in [5.74, 6) is 0.383. The molecule has 1 rings (SSSR count). The van der Waals surface area contributed by atoms with Crippen LogP contribution in [0.1, 0.15) is 31.9 Å². The summed E-state index contributed by atoms with van der Waals surface area (Å²) < 4.78 is 1.05. The Bertz CT molecular complexity index is 324. The number of aromatic hydroxyl groups is 1. The first-order valence-corrected chi connectivity index (χ1v) is 5.12. The van der Waals surface area contributed by atoms with Gasteiger partial charge in [-0.25, -0.2) is 0 Å². The van der Waals surface area contributed by atoms with Gasteiger partial charge in [0.05, 0.1) is 0 Å². The van der Waals surface area contributed by atoms with Crippen molar-refractivity contribution in [1.29, 1.82) is 0 Å². The van der Waals surface area contributed by atoms with E-state index in [4.69, 9.17) is 0 Å². The van der Waals surface area contributed by atoms with E-state index < -0.39 is 0 Å². The van der Waals surface area contributed by atoms with Crippen molar-refractivity contribution in [2.75, 3.05) is 0 Å². The molecule has 0 unspecified atom stereocenters. The highest BCUT2D eigenvalue weighted by molar-refractivity contribution is 9.10. The predicted molar refractivity (Wildman–Crippen MR) is 59.2 cm³/mol. The minimum atomic E-state index is -0.0159. The van der Waals surface area contributed by atoms with E-state index in [9.17, 15) is 5.11 Å². The molecule has 0 amide bonds. The molecule has 13 heavy (non-hydrogen) atoms. The van der Waals surface area contributed by atoms with Gasteiger partial charge in [-0.3, -0.25) is 0 Å². The van der Waals surface area contributed by atoms with E-state index >= 15 is 0 Å². The Kier molecular flexibility index (Phi) is 2.71. The molecule has 0 heterocycles. The molecule has 0 bridgehead atoms. The largest absolute Gasteiger partial charge is 0.508 e. The van der Waals surface area contributed by atoms with Crippen LogP contribution < -0.4 is 0 Å². The molecule has 1 aromatic rings. The number of rotatable bonds is 0. The molecule has 72 valence electrons. The summed E-state index contributed by atoms with van der Waals surface area (Å²) in [7, 11) is 0. The van der Waals surface area contributed by atoms with Gasteiger partial charge < -0.3 is 5.11 Å². The fraction of sp³-hybridized carbons (Fsp3) is 0.455. The molecule has 0 aliphatic carbocycles. The molecule has 1 aromatic carbocycles. The molecule has 0 spiro atoms. The molecule has 2 heteroatoms. The minimum Gasteiger partial charge on any atom is -0.508 e. The van der Waals surface area contributed by atoms with Crippen LogP contribution >= 0.6 is 15.9 Å². The first-order valence-electron chi connectivity index (χ1n) is 4.32. The van der Waals surface area contributed by atoms with E-state index in [0.717, 1.165) is 15.6 Å². The number of phenols is 1. The van der Waals surface area contributed by atoms with Crippen molar-refractivity contribution < 1.29 is 5.11 Å². The number of benzene rings is 1. The van der Waals surface area contributed by atoms with Gasteiger partial charge in [-0.2, -0.15) is 0 Å². The number of hydrogen-bond donors (Lipinski definition) is 1. The second kappa shape index (κ2) is 3.33. The van der Waals surface area contributed by atoms with Crippen LogP contribution in [0.15, 0.2) is 16.6 Å². The Labute approximate surface area is 87.9 Å². The van der Waals surface area contributed by atoms with Gasteiger partial charge in [-0.15, -0.1) is 0 Å². The molecule has 0 saturated heterocycles. The van der Waals surface area contributed by atoms with E-state index in [-0.39, 0.29) is 5.41 Å². The summed E-state index contributed by atoms with van der Waals surface area (Å²) in [5, 5.41) is 9.73. The van der Waals surface area contributed by atoms with Crippen molar-refractivity contribution in [3.05, 3.63) is 27.7 Å². The second-order valence-corrected chi connectivity index (χ2v) is 5.17. The molecule has 0 radical (unpaired) electrons. The Balaban J connectivity index is 3.43. The number of hydrogen-bond acceptors (Lipinski definition) is 1. The summed E-state index contributed by atoms with van der Waals surface area (Å²) in [4.78, 5) is 0. The molecule has 0 aliphatic heterocycles. The number of halogens is 1. The molecule has 0 aromatic heterocycles. The Hall–Kier alpha value is -0.500. The lowest BCUT2D eigenvalue weighted by Gasteiger charge is -2.23. The molecular weight excluding hydrogens is 228 g/mol. The highest BCUT2D eigenvalue weighted by atomic mass is 79.9. The average Bonchev–Trinajstić information content (AvgIpc) is 1.95. The lowest BCUT2D eigenvalue weighted by Crippen LogP contribution is -2.13. The third kappa shape index (κ3) is 2.05. The smallest absolute Gasteiger partial charge is 0.119 e. The van der Waals surface area contributed by atoms with Crippen molar-refractivity contribution in [3.63, 3.8) is 0 Å². The lowest BCUT2D eigenvalue weighted by molar-refractivity contribution is 0.445. The fourth-order valence-corrected chi connectivity index (χ4v) is 1.95. The maximum Gasteiger partial charge on any atom is 0.119 e. The lowest BCUT2D eigenvalue weighted by atomic mass is 9.83. The predicted octanol–water partition coefficient (Wildman–Crippen LogP) is 3.76. The molecule has 0 atom stereocenters. The fourth-order valence-electron chi connectivity index (χ4n) is 1.62. The van der Waals surface area contributed by atoms with Gasteiger partial charge in [0.25, 0.3) is 0 Å². The second-order valence-electron chi connectivity index (χ2n) is 4.32. The quantitative estimate of drug-likeness (QED) is 0.735. The molecule has 1 N–H and O–H groups in total. The average molecular weight is 243 g/mol. The van der Waals surface area contributed by atoms with Crippen molar-refractivity contribution in [2.24, 2.45) is 0 Å². The topological polar surface area (TPSA) is 20.2 Å². The van der Waals surface area contributed by atoms with E-state index in [1.807, 2.05) is 13.0 Å². The minimum absolute atomic E-state index is 0.0159. The maximum atomic E-state index is 9.73. The molecule has 0 saturated carbocycles. The van der Waals surface area contributed by atoms with E-state index in [0.29, 0.717) is 5.75 Å². The Morgan fingerprint density at radius 1 is 1.23 bits per heavy atom. The van der Waals surface area contributed by atoms with Gasteiger partial charge in [-0.05, 0) is 30.0 Å². The van der Waals surface area contributed by atoms with Crippen LogP contribution in [0.2, 0.25) is 0 Å². The van der Waals surface area contributed by atoms with Crippen LogP contribution in [0.5, 0.6) is 5.75 Å². The van der Waals surface area contributed by atoms with Gasteiger partial charge in [-0.1, -0.05) is 36.7 Å². The van der Waals surface area contributed by atoms with Gasteiger partial charge >= 0.3 is 0 Å². The summed E-state index contributed by atoms with van der Waals surface area (Å²) in [6, 6.07) is 3.61. The summed E-state index contributed by atoms with van der Waals surface area (Å²) in [6.45, 7) is 8.31. The van der Waals surface area contributed by atoms with Crippen molar-refractivity contribution in [3.8, 4) is 5.75 Å². The van der Waals surface area contributed by atoms with Crippen LogP contribution in [-0.2, 0) is 5.41 Å². The van der Waals surface area contributed by atoms with E-state index in [1.165, 1.54) is 0 Å². The zero-order valence-electron chi connectivity index (χ0n) is 8.48. The van der Waals surface area contributed by atoms with Crippen LogP contribution in [0.3, 0.4) is 0 Å². The van der Waals surface area contributed by atoms with Gasteiger partial charge in [0, 0.05) is 10.0 Å². The van der Waals surface area contributed by atoms with Crippen molar-refractivity contribution in [2.45, 2.75) is 33.1 Å². The summed E-state index contributed by atoms with van der Waals surface area (Å²) in [6.07, 6.45) is 0. The monoisotopic (exact) mass is 242 g/mol.